The molecule has 132 valence electrons. The largest absolute Gasteiger partial charge is 0.350 e. The van der Waals surface area contributed by atoms with E-state index >= 15 is 0 Å². The fourth-order valence-electron chi connectivity index (χ4n) is 2.28. The predicted molar refractivity (Wildman–Crippen MR) is 94.3 cm³/mol. The smallest absolute Gasteiger partial charge is 0.315 e. The molecule has 2 rings (SSSR count). The van der Waals surface area contributed by atoms with E-state index in [1.807, 2.05) is 37.3 Å². The summed E-state index contributed by atoms with van der Waals surface area (Å²) in [4.78, 5) is 23.6. The van der Waals surface area contributed by atoms with Crippen LogP contribution in [0.1, 0.15) is 30.5 Å². The van der Waals surface area contributed by atoms with E-state index in [0.29, 0.717) is 6.54 Å². The van der Waals surface area contributed by atoms with Crippen LogP contribution in [0.2, 0.25) is 0 Å². The Labute approximate surface area is 146 Å². The number of urea groups is 1. The van der Waals surface area contributed by atoms with Gasteiger partial charge in [-0.25, -0.2) is 9.18 Å². The van der Waals surface area contributed by atoms with Crippen LogP contribution in [-0.2, 0) is 11.3 Å². The Morgan fingerprint density at radius 2 is 1.68 bits per heavy atom. The topological polar surface area (TPSA) is 70.2 Å². The molecule has 0 saturated carbocycles. The maximum Gasteiger partial charge on any atom is 0.315 e. The molecule has 2 aromatic rings. The minimum absolute atomic E-state index is 0.171. The molecule has 0 saturated heterocycles. The molecule has 0 aromatic heterocycles. The van der Waals surface area contributed by atoms with Crippen LogP contribution in [-0.4, -0.2) is 18.5 Å². The van der Waals surface area contributed by atoms with Crippen molar-refractivity contribution in [1.82, 2.24) is 16.0 Å². The zero-order chi connectivity index (χ0) is 18.1. The molecule has 0 aliphatic carbocycles. The van der Waals surface area contributed by atoms with Gasteiger partial charge in [-0.15, -0.1) is 0 Å². The number of carbonyl (C=O) groups excluding carboxylic acids is 2. The fraction of sp³-hybridized carbons (Fsp3) is 0.263. The van der Waals surface area contributed by atoms with Crippen LogP contribution in [0.5, 0.6) is 0 Å². The van der Waals surface area contributed by atoms with Gasteiger partial charge in [0.25, 0.3) is 0 Å². The van der Waals surface area contributed by atoms with Crippen molar-refractivity contribution < 1.29 is 14.0 Å². The predicted octanol–water partition coefficient (Wildman–Crippen LogP) is 2.89. The highest BCUT2D eigenvalue weighted by Crippen LogP contribution is 2.12. The highest BCUT2D eigenvalue weighted by atomic mass is 19.1. The first kappa shape index (κ1) is 18.4. The second kappa shape index (κ2) is 9.42. The fourth-order valence-corrected chi connectivity index (χ4v) is 2.28. The van der Waals surface area contributed by atoms with E-state index < -0.39 is 0 Å². The van der Waals surface area contributed by atoms with Crippen LogP contribution in [0, 0.1) is 5.82 Å². The Kier molecular flexibility index (Phi) is 6.95. The molecule has 0 aliphatic heterocycles. The number of halogens is 1. The molecule has 0 heterocycles. The quantitative estimate of drug-likeness (QED) is 0.723. The van der Waals surface area contributed by atoms with Gasteiger partial charge in [0.05, 0.1) is 6.04 Å². The molecule has 1 atom stereocenters. The van der Waals surface area contributed by atoms with Gasteiger partial charge in [-0.05, 0) is 30.2 Å². The van der Waals surface area contributed by atoms with Crippen LogP contribution in [0.15, 0.2) is 54.6 Å². The van der Waals surface area contributed by atoms with Crippen LogP contribution < -0.4 is 16.0 Å². The first-order valence-corrected chi connectivity index (χ1v) is 8.15. The summed E-state index contributed by atoms with van der Waals surface area (Å²) in [6.45, 7) is 2.49. The van der Waals surface area contributed by atoms with Gasteiger partial charge < -0.3 is 16.0 Å². The second-order valence-corrected chi connectivity index (χ2v) is 5.69. The van der Waals surface area contributed by atoms with Crippen molar-refractivity contribution in [2.24, 2.45) is 0 Å². The standard InChI is InChI=1S/C19H22FN3O2/c1-14(16-7-9-17(20)10-8-16)23-18(24)11-12-21-19(25)22-13-15-5-3-2-4-6-15/h2-10,14H,11-13H2,1H3,(H,23,24)(H2,21,22,25). The van der Waals surface area contributed by atoms with Crippen molar-refractivity contribution >= 4 is 11.9 Å². The SMILES string of the molecule is CC(NC(=O)CCNC(=O)NCc1ccccc1)c1ccc(F)cc1. The lowest BCUT2D eigenvalue weighted by Gasteiger charge is -2.14. The van der Waals surface area contributed by atoms with Gasteiger partial charge in [0.1, 0.15) is 5.82 Å². The maximum atomic E-state index is 12.9. The van der Waals surface area contributed by atoms with Gasteiger partial charge in [-0.2, -0.15) is 0 Å². The van der Waals surface area contributed by atoms with Gasteiger partial charge in [0, 0.05) is 19.5 Å². The van der Waals surface area contributed by atoms with E-state index in [1.165, 1.54) is 12.1 Å². The highest BCUT2D eigenvalue weighted by Gasteiger charge is 2.10. The Morgan fingerprint density at radius 3 is 2.36 bits per heavy atom. The molecule has 0 fully saturated rings. The molecule has 25 heavy (non-hydrogen) atoms. The number of carbonyl (C=O) groups is 2. The van der Waals surface area contributed by atoms with Crippen molar-refractivity contribution in [1.29, 1.82) is 0 Å². The Morgan fingerprint density at radius 1 is 1.00 bits per heavy atom. The first-order chi connectivity index (χ1) is 12.0. The van der Waals surface area contributed by atoms with Crippen molar-refractivity contribution in [2.75, 3.05) is 6.54 Å². The highest BCUT2D eigenvalue weighted by molar-refractivity contribution is 5.78. The molecule has 0 radical (unpaired) electrons. The summed E-state index contributed by atoms with van der Waals surface area (Å²) < 4.78 is 12.9. The summed E-state index contributed by atoms with van der Waals surface area (Å²) in [5.74, 6) is -0.492. The van der Waals surface area contributed by atoms with Gasteiger partial charge >= 0.3 is 6.03 Å². The molecular formula is C19H22FN3O2. The molecular weight excluding hydrogens is 321 g/mol. The minimum Gasteiger partial charge on any atom is -0.350 e. The van der Waals surface area contributed by atoms with Gasteiger partial charge in [-0.1, -0.05) is 42.5 Å². The summed E-state index contributed by atoms with van der Waals surface area (Å²) in [5, 5.41) is 8.19. The average Bonchev–Trinajstić information content (AvgIpc) is 2.61. The number of nitrogens with one attached hydrogen (secondary N) is 3. The molecule has 1 unspecified atom stereocenters. The monoisotopic (exact) mass is 343 g/mol. The van der Waals surface area contributed by atoms with Crippen LogP contribution >= 0.6 is 0 Å². The summed E-state index contributed by atoms with van der Waals surface area (Å²) in [6.07, 6.45) is 0.171. The number of hydrogen-bond donors (Lipinski definition) is 3. The molecule has 5 nitrogen and oxygen atoms in total. The van der Waals surface area contributed by atoms with Crippen molar-refractivity contribution in [2.45, 2.75) is 25.9 Å². The summed E-state index contributed by atoms with van der Waals surface area (Å²) >= 11 is 0. The minimum atomic E-state index is -0.316. The second-order valence-electron chi connectivity index (χ2n) is 5.69. The number of amides is 3. The van der Waals surface area contributed by atoms with Crippen LogP contribution in [0.3, 0.4) is 0 Å². The first-order valence-electron chi connectivity index (χ1n) is 8.15. The molecule has 3 amide bonds. The van der Waals surface area contributed by atoms with Gasteiger partial charge in [0.2, 0.25) is 5.91 Å². The zero-order valence-corrected chi connectivity index (χ0v) is 14.1. The lowest BCUT2D eigenvalue weighted by Crippen LogP contribution is -2.37. The number of rotatable bonds is 7. The molecule has 6 heteroatoms. The summed E-state index contributed by atoms with van der Waals surface area (Å²) in [5.41, 5.74) is 1.83. The van der Waals surface area contributed by atoms with E-state index in [1.54, 1.807) is 12.1 Å². The Bertz CT molecular complexity index is 690. The number of benzene rings is 2. The molecule has 3 N–H and O–H groups in total. The molecule has 0 bridgehead atoms. The summed E-state index contributed by atoms with van der Waals surface area (Å²) in [6, 6.07) is 15.0. The van der Waals surface area contributed by atoms with Crippen molar-refractivity contribution in [3.63, 3.8) is 0 Å². The molecule has 2 aromatic carbocycles. The van der Waals surface area contributed by atoms with Crippen LogP contribution in [0.4, 0.5) is 9.18 Å². The van der Waals surface area contributed by atoms with Gasteiger partial charge in [0.15, 0.2) is 0 Å². The van der Waals surface area contributed by atoms with E-state index in [2.05, 4.69) is 16.0 Å². The Balaban J connectivity index is 1.64. The van der Waals surface area contributed by atoms with E-state index in [-0.39, 0.29) is 36.8 Å². The van der Waals surface area contributed by atoms with Crippen molar-refractivity contribution in [3.8, 4) is 0 Å². The van der Waals surface area contributed by atoms with E-state index in [4.69, 9.17) is 0 Å². The zero-order valence-electron chi connectivity index (χ0n) is 14.1. The Hall–Kier alpha value is -2.89. The normalized spacial score (nSPS) is 11.4. The average molecular weight is 343 g/mol. The maximum absolute atomic E-state index is 12.9. The van der Waals surface area contributed by atoms with E-state index in [9.17, 15) is 14.0 Å². The third-order valence-corrected chi connectivity index (χ3v) is 3.68. The van der Waals surface area contributed by atoms with E-state index in [0.717, 1.165) is 11.1 Å². The van der Waals surface area contributed by atoms with Crippen molar-refractivity contribution in [3.05, 3.63) is 71.5 Å². The molecule has 0 spiro atoms. The number of hydrogen-bond acceptors (Lipinski definition) is 2. The molecule has 0 aliphatic rings. The lowest BCUT2D eigenvalue weighted by atomic mass is 10.1. The summed E-state index contributed by atoms with van der Waals surface area (Å²) in [7, 11) is 0. The third-order valence-electron chi connectivity index (χ3n) is 3.68. The third kappa shape index (κ3) is 6.63. The van der Waals surface area contributed by atoms with Crippen LogP contribution in [0.25, 0.3) is 0 Å². The lowest BCUT2D eigenvalue weighted by molar-refractivity contribution is -0.121. The van der Waals surface area contributed by atoms with Gasteiger partial charge in [-0.3, -0.25) is 4.79 Å².